The molecule has 2 aliphatic rings. The summed E-state index contributed by atoms with van der Waals surface area (Å²) in [5.74, 6) is 0.774. The molecule has 2 heterocycles. The summed E-state index contributed by atoms with van der Waals surface area (Å²) in [6.07, 6.45) is 2.48. The van der Waals surface area contributed by atoms with Crippen molar-refractivity contribution < 1.29 is 4.74 Å². The molecule has 128 valence electrons. The molecule has 0 aromatic heterocycles. The van der Waals surface area contributed by atoms with Gasteiger partial charge in [0.1, 0.15) is 5.75 Å². The van der Waals surface area contributed by atoms with Crippen molar-refractivity contribution in [1.29, 1.82) is 0 Å². The molecule has 2 fully saturated rings. The maximum atomic E-state index is 6.09. The largest absolute Gasteiger partial charge is 0.495 e. The normalized spacial score (nSPS) is 20.8. The number of nitrogen functional groups attached to an aromatic ring is 1. The van der Waals surface area contributed by atoms with Gasteiger partial charge in [-0.05, 0) is 51.6 Å². The van der Waals surface area contributed by atoms with E-state index in [4.69, 9.17) is 10.5 Å². The Labute approximate surface area is 140 Å². The van der Waals surface area contributed by atoms with Crippen LogP contribution in [0.25, 0.3) is 0 Å². The zero-order valence-electron chi connectivity index (χ0n) is 14.9. The molecule has 0 spiro atoms. The second-order valence-corrected chi connectivity index (χ2v) is 7.17. The number of rotatable bonds is 4. The molecule has 0 aliphatic carbocycles. The maximum absolute atomic E-state index is 6.09. The number of aryl methyl sites for hydroxylation is 1. The third-order valence-corrected chi connectivity index (χ3v) is 5.49. The molecule has 2 aliphatic heterocycles. The van der Waals surface area contributed by atoms with E-state index < -0.39 is 0 Å². The van der Waals surface area contributed by atoms with Crippen molar-refractivity contribution >= 4 is 11.4 Å². The van der Waals surface area contributed by atoms with Gasteiger partial charge in [-0.1, -0.05) is 0 Å². The first-order valence-corrected chi connectivity index (χ1v) is 8.59. The molecule has 23 heavy (non-hydrogen) atoms. The minimum Gasteiger partial charge on any atom is -0.495 e. The van der Waals surface area contributed by atoms with E-state index in [-0.39, 0.29) is 0 Å². The van der Waals surface area contributed by atoms with Gasteiger partial charge in [-0.2, -0.15) is 0 Å². The fraction of sp³-hybridized carbons (Fsp3) is 0.667. The van der Waals surface area contributed by atoms with Crippen LogP contribution in [0.4, 0.5) is 11.4 Å². The Bertz CT molecular complexity index is 546. The van der Waals surface area contributed by atoms with E-state index in [2.05, 4.69) is 41.8 Å². The predicted molar refractivity (Wildman–Crippen MR) is 96.4 cm³/mol. The zero-order valence-corrected chi connectivity index (χ0v) is 14.9. The summed E-state index contributed by atoms with van der Waals surface area (Å²) >= 11 is 0. The second kappa shape index (κ2) is 6.57. The number of methoxy groups -OCH3 is 1. The molecule has 0 unspecified atom stereocenters. The molecule has 1 aromatic carbocycles. The molecule has 0 amide bonds. The minimum absolute atomic E-state index is 0.729. The molecular formula is C18H30N4O. The van der Waals surface area contributed by atoms with Gasteiger partial charge < -0.3 is 20.3 Å². The smallest absolute Gasteiger partial charge is 0.142 e. The van der Waals surface area contributed by atoms with E-state index in [0.29, 0.717) is 0 Å². The number of hydrogen-bond acceptors (Lipinski definition) is 5. The molecule has 5 nitrogen and oxygen atoms in total. The van der Waals surface area contributed by atoms with Gasteiger partial charge in [0.2, 0.25) is 0 Å². The van der Waals surface area contributed by atoms with E-state index in [9.17, 15) is 0 Å². The summed E-state index contributed by atoms with van der Waals surface area (Å²) in [4.78, 5) is 7.47. The van der Waals surface area contributed by atoms with E-state index >= 15 is 0 Å². The average molecular weight is 318 g/mol. The summed E-state index contributed by atoms with van der Waals surface area (Å²) in [6, 6.07) is 5.61. The first-order chi connectivity index (χ1) is 11.0. The quantitative estimate of drug-likeness (QED) is 0.858. The number of hydrogen-bond donors (Lipinski definition) is 1. The predicted octanol–water partition coefficient (Wildman–Crippen LogP) is 1.80. The van der Waals surface area contributed by atoms with Gasteiger partial charge in [-0.15, -0.1) is 0 Å². The van der Waals surface area contributed by atoms with Gasteiger partial charge in [-0.25, -0.2) is 0 Å². The lowest BCUT2D eigenvalue weighted by atomic mass is 9.96. The molecule has 2 N–H and O–H groups in total. The number of benzene rings is 1. The van der Waals surface area contributed by atoms with Crippen LogP contribution in [0.1, 0.15) is 18.4 Å². The summed E-state index contributed by atoms with van der Waals surface area (Å²) in [7, 11) is 6.04. The van der Waals surface area contributed by atoms with Crippen LogP contribution in [0.3, 0.4) is 0 Å². The van der Waals surface area contributed by atoms with Crippen molar-refractivity contribution in [2.75, 3.05) is 58.0 Å². The Kier molecular flexibility index (Phi) is 4.69. The lowest BCUT2D eigenvalue weighted by molar-refractivity contribution is 0.0188. The van der Waals surface area contributed by atoms with Crippen molar-refractivity contribution in [2.24, 2.45) is 0 Å². The highest BCUT2D eigenvalue weighted by Crippen LogP contribution is 2.33. The summed E-state index contributed by atoms with van der Waals surface area (Å²) < 4.78 is 5.31. The second-order valence-electron chi connectivity index (χ2n) is 7.17. The Morgan fingerprint density at radius 2 is 1.83 bits per heavy atom. The molecule has 1 aromatic rings. The Balaban J connectivity index is 1.58. The molecule has 2 saturated heterocycles. The van der Waals surface area contributed by atoms with Crippen molar-refractivity contribution in [2.45, 2.75) is 31.8 Å². The topological polar surface area (TPSA) is 45.0 Å². The molecule has 0 radical (unpaired) electrons. The lowest BCUT2D eigenvalue weighted by Gasteiger charge is -2.49. The van der Waals surface area contributed by atoms with E-state index in [1.54, 1.807) is 7.11 Å². The molecule has 3 rings (SSSR count). The van der Waals surface area contributed by atoms with Gasteiger partial charge in [0, 0.05) is 44.0 Å². The van der Waals surface area contributed by atoms with Crippen molar-refractivity contribution in [3.05, 3.63) is 17.7 Å². The number of anilines is 2. The van der Waals surface area contributed by atoms with Crippen LogP contribution < -0.4 is 15.4 Å². The van der Waals surface area contributed by atoms with E-state index in [0.717, 1.165) is 36.6 Å². The number of likely N-dealkylation sites (N-methyl/N-ethyl adjacent to an activating group) is 1. The van der Waals surface area contributed by atoms with Crippen LogP contribution in [0.15, 0.2) is 12.1 Å². The lowest BCUT2D eigenvalue weighted by Crippen LogP contribution is -2.62. The fourth-order valence-corrected chi connectivity index (χ4v) is 3.79. The summed E-state index contributed by atoms with van der Waals surface area (Å²) in [5.41, 5.74) is 9.32. The third kappa shape index (κ3) is 3.26. The summed E-state index contributed by atoms with van der Waals surface area (Å²) in [6.45, 7) is 6.82. The maximum Gasteiger partial charge on any atom is 0.142 e. The van der Waals surface area contributed by atoms with Gasteiger partial charge >= 0.3 is 0 Å². The fourth-order valence-electron chi connectivity index (χ4n) is 3.79. The van der Waals surface area contributed by atoms with Crippen molar-refractivity contribution in [3.8, 4) is 5.75 Å². The monoisotopic (exact) mass is 318 g/mol. The van der Waals surface area contributed by atoms with E-state index in [1.165, 1.54) is 37.2 Å². The first-order valence-electron chi connectivity index (χ1n) is 8.59. The number of likely N-dealkylation sites (tertiary alicyclic amines) is 1. The molecule has 5 heteroatoms. The highest BCUT2D eigenvalue weighted by atomic mass is 16.5. The first kappa shape index (κ1) is 16.4. The van der Waals surface area contributed by atoms with Crippen LogP contribution in [0.5, 0.6) is 5.75 Å². The van der Waals surface area contributed by atoms with Crippen LogP contribution in [-0.2, 0) is 0 Å². The van der Waals surface area contributed by atoms with Gasteiger partial charge in [0.25, 0.3) is 0 Å². The molecular weight excluding hydrogens is 288 g/mol. The standard InChI is InChI=1S/C18H30N4O/c1-13-9-18(23-4)16(19)10-17(13)21-7-5-14(6-8-21)22-11-15(12-22)20(2)3/h9-10,14-15H,5-8,11-12,19H2,1-4H3. The summed E-state index contributed by atoms with van der Waals surface area (Å²) in [5, 5.41) is 0. The Morgan fingerprint density at radius 1 is 1.17 bits per heavy atom. The Hall–Kier alpha value is -1.46. The number of nitrogens with zero attached hydrogens (tertiary/aromatic N) is 3. The van der Waals surface area contributed by atoms with Crippen LogP contribution in [-0.4, -0.2) is 69.3 Å². The Morgan fingerprint density at radius 3 is 2.39 bits per heavy atom. The van der Waals surface area contributed by atoms with Crippen LogP contribution in [0.2, 0.25) is 0 Å². The van der Waals surface area contributed by atoms with Gasteiger partial charge in [0.05, 0.1) is 12.8 Å². The third-order valence-electron chi connectivity index (χ3n) is 5.49. The molecule has 0 atom stereocenters. The zero-order chi connectivity index (χ0) is 16.6. The number of nitrogens with two attached hydrogens (primary N) is 1. The minimum atomic E-state index is 0.729. The molecule has 0 bridgehead atoms. The van der Waals surface area contributed by atoms with Gasteiger partial charge in [-0.3, -0.25) is 4.90 Å². The van der Waals surface area contributed by atoms with Crippen LogP contribution in [0, 0.1) is 6.92 Å². The highest BCUT2D eigenvalue weighted by molar-refractivity contribution is 5.67. The number of piperidine rings is 1. The molecule has 0 saturated carbocycles. The SMILES string of the molecule is COc1cc(C)c(N2CCC(N3CC(N(C)C)C3)CC2)cc1N. The van der Waals surface area contributed by atoms with Crippen LogP contribution >= 0.6 is 0 Å². The highest BCUT2D eigenvalue weighted by Gasteiger charge is 2.35. The van der Waals surface area contributed by atoms with Crippen molar-refractivity contribution in [3.63, 3.8) is 0 Å². The van der Waals surface area contributed by atoms with Gasteiger partial charge in [0.15, 0.2) is 0 Å². The van der Waals surface area contributed by atoms with E-state index in [1.807, 2.05) is 6.07 Å². The van der Waals surface area contributed by atoms with Crippen molar-refractivity contribution in [1.82, 2.24) is 9.80 Å². The average Bonchev–Trinajstić information content (AvgIpc) is 2.48. The number of ether oxygens (including phenoxy) is 1.